The molecule has 0 fully saturated rings. The van der Waals surface area contributed by atoms with Crippen LogP contribution in [0.3, 0.4) is 0 Å². The lowest BCUT2D eigenvalue weighted by molar-refractivity contribution is 0.0956. The summed E-state index contributed by atoms with van der Waals surface area (Å²) in [4.78, 5) is 4.22. The number of nitrogens with zero attached hydrogens (tertiary/aromatic N) is 2. The number of hydrogen-bond donors (Lipinski definition) is 1. The SMILES string of the molecule is N#CC1(C(O)c2ccccn2)CCCc2ccccc21. The van der Waals surface area contributed by atoms with Gasteiger partial charge < -0.3 is 5.11 Å². The van der Waals surface area contributed by atoms with Gasteiger partial charge in [-0.15, -0.1) is 0 Å². The second kappa shape index (κ2) is 5.07. The van der Waals surface area contributed by atoms with Crippen LogP contribution in [0.1, 0.15) is 35.8 Å². The molecule has 100 valence electrons. The van der Waals surface area contributed by atoms with E-state index in [0.29, 0.717) is 12.1 Å². The van der Waals surface area contributed by atoms with Gasteiger partial charge in [-0.2, -0.15) is 5.26 Å². The number of aliphatic hydroxyl groups excluding tert-OH is 1. The predicted octanol–water partition coefficient (Wildman–Crippen LogP) is 2.91. The van der Waals surface area contributed by atoms with E-state index >= 15 is 0 Å². The fourth-order valence-electron chi connectivity index (χ4n) is 3.12. The Labute approximate surface area is 118 Å². The molecule has 0 saturated heterocycles. The Morgan fingerprint density at radius 1 is 1.20 bits per heavy atom. The van der Waals surface area contributed by atoms with Gasteiger partial charge in [0.15, 0.2) is 0 Å². The summed E-state index contributed by atoms with van der Waals surface area (Å²) < 4.78 is 0. The summed E-state index contributed by atoms with van der Waals surface area (Å²) >= 11 is 0. The minimum absolute atomic E-state index is 0.561. The molecule has 0 amide bonds. The minimum atomic E-state index is -0.893. The molecule has 1 aromatic carbocycles. The van der Waals surface area contributed by atoms with Gasteiger partial charge in [0.1, 0.15) is 11.5 Å². The van der Waals surface area contributed by atoms with E-state index in [2.05, 4.69) is 11.1 Å². The molecule has 3 heteroatoms. The average Bonchev–Trinajstić information content (AvgIpc) is 2.54. The normalized spacial score (nSPS) is 22.6. The molecule has 3 nitrogen and oxygen atoms in total. The number of rotatable bonds is 2. The zero-order valence-corrected chi connectivity index (χ0v) is 11.2. The Balaban J connectivity index is 2.12. The minimum Gasteiger partial charge on any atom is -0.385 e. The van der Waals surface area contributed by atoms with Crippen LogP contribution in [0, 0.1) is 11.3 Å². The van der Waals surface area contributed by atoms with Gasteiger partial charge in [-0.25, -0.2) is 0 Å². The first-order valence-corrected chi connectivity index (χ1v) is 6.86. The fourth-order valence-corrected chi connectivity index (χ4v) is 3.12. The molecule has 2 aromatic rings. The van der Waals surface area contributed by atoms with Gasteiger partial charge in [0, 0.05) is 6.20 Å². The van der Waals surface area contributed by atoms with Crippen LogP contribution in [0.5, 0.6) is 0 Å². The molecule has 2 unspecified atom stereocenters. The number of fused-ring (bicyclic) bond motifs is 1. The average molecular weight is 264 g/mol. The summed E-state index contributed by atoms with van der Waals surface area (Å²) in [6, 6.07) is 15.7. The first kappa shape index (κ1) is 12.8. The number of hydrogen-bond acceptors (Lipinski definition) is 3. The van der Waals surface area contributed by atoms with Crippen LogP contribution in [0.25, 0.3) is 0 Å². The number of aliphatic hydroxyl groups is 1. The van der Waals surface area contributed by atoms with Crippen LogP contribution >= 0.6 is 0 Å². The molecule has 0 aliphatic heterocycles. The highest BCUT2D eigenvalue weighted by atomic mass is 16.3. The van der Waals surface area contributed by atoms with Gasteiger partial charge in [0.25, 0.3) is 0 Å². The van der Waals surface area contributed by atoms with Crippen molar-refractivity contribution in [1.82, 2.24) is 4.98 Å². The van der Waals surface area contributed by atoms with Gasteiger partial charge in [0.05, 0.1) is 11.8 Å². The summed E-state index contributed by atoms with van der Waals surface area (Å²) in [7, 11) is 0. The van der Waals surface area contributed by atoms with Gasteiger partial charge in [-0.1, -0.05) is 30.3 Å². The van der Waals surface area contributed by atoms with Crippen LogP contribution in [0.4, 0.5) is 0 Å². The largest absolute Gasteiger partial charge is 0.385 e. The number of pyridine rings is 1. The van der Waals surface area contributed by atoms with Crippen LogP contribution in [-0.2, 0) is 11.8 Å². The van der Waals surface area contributed by atoms with Crippen molar-refractivity contribution in [2.24, 2.45) is 0 Å². The Hall–Kier alpha value is -2.18. The molecule has 1 N–H and O–H groups in total. The molecule has 1 heterocycles. The van der Waals surface area contributed by atoms with Crippen molar-refractivity contribution in [1.29, 1.82) is 5.26 Å². The lowest BCUT2D eigenvalue weighted by atomic mass is 9.67. The van der Waals surface area contributed by atoms with Crippen molar-refractivity contribution in [3.8, 4) is 6.07 Å². The first-order valence-electron chi connectivity index (χ1n) is 6.86. The Morgan fingerprint density at radius 2 is 2.00 bits per heavy atom. The standard InChI is InChI=1S/C17H16N2O/c18-12-17(16(20)15-9-3-4-11-19-15)10-5-7-13-6-1-2-8-14(13)17/h1-4,6,8-9,11,16,20H,5,7,10H2. The Morgan fingerprint density at radius 3 is 2.75 bits per heavy atom. The van der Waals surface area contributed by atoms with E-state index < -0.39 is 11.5 Å². The van der Waals surface area contributed by atoms with E-state index in [4.69, 9.17) is 0 Å². The smallest absolute Gasteiger partial charge is 0.119 e. The van der Waals surface area contributed by atoms with Crippen molar-refractivity contribution in [2.75, 3.05) is 0 Å². The topological polar surface area (TPSA) is 56.9 Å². The molecule has 3 rings (SSSR count). The van der Waals surface area contributed by atoms with Crippen molar-refractivity contribution >= 4 is 0 Å². The van der Waals surface area contributed by atoms with Crippen LogP contribution < -0.4 is 0 Å². The third kappa shape index (κ3) is 1.90. The summed E-state index contributed by atoms with van der Waals surface area (Å²) in [6.07, 6.45) is 3.30. The summed E-state index contributed by atoms with van der Waals surface area (Å²) in [6.45, 7) is 0. The maximum Gasteiger partial charge on any atom is 0.119 e. The van der Waals surface area contributed by atoms with Gasteiger partial charge in [-0.3, -0.25) is 4.98 Å². The molecular weight excluding hydrogens is 248 g/mol. The molecule has 0 radical (unpaired) electrons. The monoisotopic (exact) mass is 264 g/mol. The quantitative estimate of drug-likeness (QED) is 0.907. The third-order valence-electron chi connectivity index (χ3n) is 4.15. The molecule has 0 bridgehead atoms. The van der Waals surface area contributed by atoms with Crippen molar-refractivity contribution in [3.63, 3.8) is 0 Å². The van der Waals surface area contributed by atoms with Crippen molar-refractivity contribution in [2.45, 2.75) is 30.8 Å². The highest BCUT2D eigenvalue weighted by molar-refractivity contribution is 5.44. The van der Waals surface area contributed by atoms with Crippen molar-refractivity contribution in [3.05, 3.63) is 65.5 Å². The summed E-state index contributed by atoms with van der Waals surface area (Å²) in [5, 5.41) is 20.5. The van der Waals surface area contributed by atoms with E-state index in [0.717, 1.165) is 24.0 Å². The molecular formula is C17H16N2O. The van der Waals surface area contributed by atoms with E-state index in [-0.39, 0.29) is 0 Å². The molecule has 1 aliphatic carbocycles. The first-order chi connectivity index (χ1) is 9.78. The fraction of sp³-hybridized carbons (Fsp3) is 0.294. The second-order valence-electron chi connectivity index (χ2n) is 5.25. The maximum absolute atomic E-state index is 10.8. The highest BCUT2D eigenvalue weighted by Gasteiger charge is 2.44. The predicted molar refractivity (Wildman–Crippen MR) is 75.9 cm³/mol. The van der Waals surface area contributed by atoms with Gasteiger partial charge in [0.2, 0.25) is 0 Å². The number of nitriles is 1. The van der Waals surface area contributed by atoms with Gasteiger partial charge >= 0.3 is 0 Å². The molecule has 1 aliphatic rings. The summed E-state index contributed by atoms with van der Waals surface area (Å²) in [5.41, 5.74) is 1.79. The van der Waals surface area contributed by atoms with E-state index in [1.54, 1.807) is 12.3 Å². The second-order valence-corrected chi connectivity index (χ2v) is 5.25. The van der Waals surface area contributed by atoms with Crippen LogP contribution in [0.15, 0.2) is 48.7 Å². The lowest BCUT2D eigenvalue weighted by Gasteiger charge is -2.36. The molecule has 0 saturated carbocycles. The molecule has 20 heavy (non-hydrogen) atoms. The zero-order valence-electron chi connectivity index (χ0n) is 11.2. The summed E-state index contributed by atoms with van der Waals surface area (Å²) in [5.74, 6) is 0. The number of aryl methyl sites for hydroxylation is 1. The highest BCUT2D eigenvalue weighted by Crippen LogP contribution is 2.45. The number of benzene rings is 1. The third-order valence-corrected chi connectivity index (χ3v) is 4.15. The van der Waals surface area contributed by atoms with Crippen LogP contribution in [-0.4, -0.2) is 10.1 Å². The van der Waals surface area contributed by atoms with E-state index in [1.165, 1.54) is 0 Å². The number of aromatic nitrogens is 1. The molecule has 0 spiro atoms. The van der Waals surface area contributed by atoms with Crippen LogP contribution in [0.2, 0.25) is 0 Å². The zero-order chi connectivity index (χ0) is 14.0. The maximum atomic E-state index is 10.8. The molecule has 2 atom stereocenters. The van der Waals surface area contributed by atoms with Crippen molar-refractivity contribution < 1.29 is 5.11 Å². The lowest BCUT2D eigenvalue weighted by Crippen LogP contribution is -2.36. The van der Waals surface area contributed by atoms with E-state index in [1.807, 2.05) is 36.4 Å². The van der Waals surface area contributed by atoms with Gasteiger partial charge in [-0.05, 0) is 42.5 Å². The Bertz CT molecular complexity index is 648. The Kier molecular flexibility index (Phi) is 3.25. The molecule has 1 aromatic heterocycles. The van der Waals surface area contributed by atoms with E-state index in [9.17, 15) is 10.4 Å².